The highest BCUT2D eigenvalue weighted by Gasteiger charge is 2.00. The Labute approximate surface area is 103 Å². The van der Waals surface area contributed by atoms with Gasteiger partial charge in [0, 0.05) is 5.02 Å². The fraction of sp³-hybridized carbons (Fsp3) is 0.200. The van der Waals surface area contributed by atoms with Crippen molar-refractivity contribution in [3.05, 3.63) is 28.2 Å². The predicted octanol–water partition coefficient (Wildman–Crippen LogP) is 2.95. The first-order chi connectivity index (χ1) is 7.63. The maximum absolute atomic E-state index is 10.9. The fourth-order valence-corrected chi connectivity index (χ4v) is 1.25. The maximum Gasteiger partial charge on any atom is 0.351 e. The molecule has 0 aliphatic rings. The van der Waals surface area contributed by atoms with Gasteiger partial charge >= 0.3 is 5.97 Å². The molecule has 0 saturated carbocycles. The van der Waals surface area contributed by atoms with Gasteiger partial charge in [-0.15, -0.1) is 0 Å². The van der Waals surface area contributed by atoms with Gasteiger partial charge < -0.3 is 4.74 Å². The Morgan fingerprint density at radius 1 is 1.56 bits per heavy atom. The number of hydrazone groups is 1. The summed E-state index contributed by atoms with van der Waals surface area (Å²) < 4.78 is 4.65. The van der Waals surface area contributed by atoms with Crippen LogP contribution in [0, 0.1) is 0 Å². The molecule has 1 aromatic carbocycles. The van der Waals surface area contributed by atoms with Gasteiger partial charge in [0.2, 0.25) is 0 Å². The van der Waals surface area contributed by atoms with Gasteiger partial charge in [-0.2, -0.15) is 5.10 Å². The third kappa shape index (κ3) is 4.08. The average Bonchev–Trinajstić information content (AvgIpc) is 2.23. The molecule has 0 fully saturated rings. The molecule has 0 saturated heterocycles. The molecule has 86 valence electrons. The van der Waals surface area contributed by atoms with Crippen LogP contribution in [0.2, 0.25) is 10.0 Å². The van der Waals surface area contributed by atoms with E-state index >= 15 is 0 Å². The first-order valence-corrected chi connectivity index (χ1v) is 5.30. The van der Waals surface area contributed by atoms with E-state index < -0.39 is 5.97 Å². The molecule has 0 unspecified atom stereocenters. The zero-order chi connectivity index (χ0) is 12.0. The van der Waals surface area contributed by atoms with Gasteiger partial charge in [0.25, 0.3) is 0 Å². The Hall–Kier alpha value is -1.26. The summed E-state index contributed by atoms with van der Waals surface area (Å²) in [7, 11) is 0. The minimum Gasteiger partial charge on any atom is -0.462 e. The number of carbonyl (C=O) groups is 1. The van der Waals surface area contributed by atoms with Crippen LogP contribution >= 0.6 is 23.2 Å². The number of carbonyl (C=O) groups excluding carboxylic acids is 1. The van der Waals surface area contributed by atoms with Crippen LogP contribution in [0.3, 0.4) is 0 Å². The van der Waals surface area contributed by atoms with Gasteiger partial charge in [-0.3, -0.25) is 5.43 Å². The zero-order valence-corrected chi connectivity index (χ0v) is 10.0. The van der Waals surface area contributed by atoms with Crippen molar-refractivity contribution in [3.63, 3.8) is 0 Å². The zero-order valence-electron chi connectivity index (χ0n) is 8.54. The summed E-state index contributed by atoms with van der Waals surface area (Å²) in [6.45, 7) is 2.02. The number of esters is 1. The number of benzene rings is 1. The first-order valence-electron chi connectivity index (χ1n) is 4.54. The largest absolute Gasteiger partial charge is 0.462 e. The molecule has 4 nitrogen and oxygen atoms in total. The second-order valence-electron chi connectivity index (χ2n) is 2.75. The number of ether oxygens (including phenoxy) is 1. The molecule has 0 radical (unpaired) electrons. The van der Waals surface area contributed by atoms with Crippen LogP contribution in [0.1, 0.15) is 6.92 Å². The molecule has 1 rings (SSSR count). The van der Waals surface area contributed by atoms with E-state index in [0.717, 1.165) is 6.21 Å². The monoisotopic (exact) mass is 260 g/mol. The van der Waals surface area contributed by atoms with Crippen molar-refractivity contribution >= 4 is 41.1 Å². The molecule has 0 aliphatic carbocycles. The summed E-state index contributed by atoms with van der Waals surface area (Å²) in [5, 5.41) is 4.66. The Bertz CT molecular complexity index is 408. The van der Waals surface area contributed by atoms with Crippen LogP contribution in [0.5, 0.6) is 0 Å². The average molecular weight is 261 g/mol. The smallest absolute Gasteiger partial charge is 0.351 e. The van der Waals surface area contributed by atoms with Gasteiger partial charge in [-0.05, 0) is 25.1 Å². The van der Waals surface area contributed by atoms with Crippen molar-refractivity contribution in [1.29, 1.82) is 0 Å². The Kier molecular flexibility index (Phi) is 5.08. The summed E-state index contributed by atoms with van der Waals surface area (Å²) in [5.41, 5.74) is 3.12. The molecule has 16 heavy (non-hydrogen) atoms. The van der Waals surface area contributed by atoms with Crippen molar-refractivity contribution in [1.82, 2.24) is 0 Å². The third-order valence-electron chi connectivity index (χ3n) is 1.57. The molecule has 6 heteroatoms. The van der Waals surface area contributed by atoms with E-state index in [4.69, 9.17) is 23.2 Å². The van der Waals surface area contributed by atoms with Crippen LogP contribution in [-0.4, -0.2) is 18.8 Å². The molecule has 0 atom stereocenters. The Balaban J connectivity index is 2.60. The summed E-state index contributed by atoms with van der Waals surface area (Å²) in [4.78, 5) is 10.9. The number of nitrogens with zero attached hydrogens (tertiary/aromatic N) is 1. The minimum absolute atomic E-state index is 0.308. The number of hydrogen-bond acceptors (Lipinski definition) is 4. The van der Waals surface area contributed by atoms with Crippen molar-refractivity contribution in [2.24, 2.45) is 5.10 Å². The maximum atomic E-state index is 10.9. The lowest BCUT2D eigenvalue weighted by Crippen LogP contribution is -2.06. The Morgan fingerprint density at radius 3 is 3.00 bits per heavy atom. The lowest BCUT2D eigenvalue weighted by atomic mass is 10.3. The highest BCUT2D eigenvalue weighted by Crippen LogP contribution is 2.25. The summed E-state index contributed by atoms with van der Waals surface area (Å²) in [6, 6.07) is 4.89. The molecular formula is C10H10Cl2N2O2. The molecule has 0 spiro atoms. The Morgan fingerprint density at radius 2 is 2.31 bits per heavy atom. The van der Waals surface area contributed by atoms with Gasteiger partial charge in [-0.25, -0.2) is 4.79 Å². The van der Waals surface area contributed by atoms with Gasteiger partial charge in [-0.1, -0.05) is 23.2 Å². The van der Waals surface area contributed by atoms with Crippen LogP contribution in [-0.2, 0) is 9.53 Å². The van der Waals surface area contributed by atoms with Gasteiger partial charge in [0.05, 0.1) is 17.3 Å². The molecule has 0 aliphatic heterocycles. The predicted molar refractivity (Wildman–Crippen MR) is 65.2 cm³/mol. The fourth-order valence-electron chi connectivity index (χ4n) is 0.917. The highest BCUT2D eigenvalue weighted by molar-refractivity contribution is 6.35. The van der Waals surface area contributed by atoms with Crippen molar-refractivity contribution < 1.29 is 9.53 Å². The normalized spacial score (nSPS) is 10.4. The summed E-state index contributed by atoms with van der Waals surface area (Å²) >= 11 is 11.6. The lowest BCUT2D eigenvalue weighted by molar-refractivity contribution is -0.134. The summed E-state index contributed by atoms with van der Waals surface area (Å²) in [6.07, 6.45) is 1.03. The van der Waals surface area contributed by atoms with Gasteiger partial charge in [0.15, 0.2) is 0 Å². The molecule has 0 heterocycles. The van der Waals surface area contributed by atoms with E-state index in [9.17, 15) is 4.79 Å². The molecule has 0 bridgehead atoms. The molecule has 0 amide bonds. The molecule has 0 aromatic heterocycles. The number of halogens is 2. The quantitative estimate of drug-likeness (QED) is 0.515. The number of nitrogens with one attached hydrogen (secondary N) is 1. The van der Waals surface area contributed by atoms with E-state index in [1.807, 2.05) is 0 Å². The number of anilines is 1. The molecular weight excluding hydrogens is 251 g/mol. The second kappa shape index (κ2) is 6.35. The third-order valence-corrected chi connectivity index (χ3v) is 2.13. The number of rotatable bonds is 4. The van der Waals surface area contributed by atoms with E-state index in [2.05, 4.69) is 15.3 Å². The van der Waals surface area contributed by atoms with Crippen LogP contribution in [0.25, 0.3) is 0 Å². The topological polar surface area (TPSA) is 50.7 Å². The number of hydrogen-bond donors (Lipinski definition) is 1. The van der Waals surface area contributed by atoms with Crippen molar-refractivity contribution in [2.75, 3.05) is 12.0 Å². The van der Waals surface area contributed by atoms with Crippen molar-refractivity contribution in [3.8, 4) is 0 Å². The van der Waals surface area contributed by atoms with E-state index in [-0.39, 0.29) is 0 Å². The lowest BCUT2D eigenvalue weighted by Gasteiger charge is -2.03. The van der Waals surface area contributed by atoms with Crippen LogP contribution < -0.4 is 5.43 Å². The molecule has 1 aromatic rings. The van der Waals surface area contributed by atoms with E-state index in [1.54, 1.807) is 25.1 Å². The van der Waals surface area contributed by atoms with E-state index in [1.165, 1.54) is 0 Å². The van der Waals surface area contributed by atoms with Crippen LogP contribution in [0.15, 0.2) is 23.3 Å². The second-order valence-corrected chi connectivity index (χ2v) is 3.59. The first kappa shape index (κ1) is 12.8. The van der Waals surface area contributed by atoms with Crippen LogP contribution in [0.4, 0.5) is 5.69 Å². The van der Waals surface area contributed by atoms with Gasteiger partial charge in [0.1, 0.15) is 6.21 Å². The van der Waals surface area contributed by atoms with E-state index in [0.29, 0.717) is 22.3 Å². The SMILES string of the molecule is CCOC(=O)C=NNc1cc(Cl)ccc1Cl. The standard InChI is InChI=1S/C10H10Cl2N2O2/c1-2-16-10(15)6-13-14-9-5-7(11)3-4-8(9)12/h3-6,14H,2H2,1H3. The summed E-state index contributed by atoms with van der Waals surface area (Å²) in [5.74, 6) is -0.520. The highest BCUT2D eigenvalue weighted by atomic mass is 35.5. The molecule has 1 N–H and O–H groups in total. The minimum atomic E-state index is -0.520. The van der Waals surface area contributed by atoms with Crippen molar-refractivity contribution in [2.45, 2.75) is 6.92 Å².